The van der Waals surface area contributed by atoms with Gasteiger partial charge >= 0.3 is 0 Å². The fourth-order valence-corrected chi connectivity index (χ4v) is 7.18. The van der Waals surface area contributed by atoms with Gasteiger partial charge in [0.2, 0.25) is 0 Å². The standard InChI is InChI=1S/C23H27NS/c1-17-4-6-20(7-5-17)23-12-18-9-19(13-23)11-22(10-18,15-23)16-24-14-21-3-2-8-25-21/h2-8,14,18-19H,9-13,15-16H2,1H3/t18-,19-,22?,23?/m0/s1. The Bertz CT molecular complexity index is 757. The van der Waals surface area contributed by atoms with Gasteiger partial charge in [0.15, 0.2) is 0 Å². The molecule has 4 aliphatic carbocycles. The summed E-state index contributed by atoms with van der Waals surface area (Å²) < 4.78 is 0. The lowest BCUT2D eigenvalue weighted by molar-refractivity contribution is -0.0663. The van der Waals surface area contributed by atoms with E-state index < -0.39 is 0 Å². The van der Waals surface area contributed by atoms with Crippen LogP contribution in [0.3, 0.4) is 0 Å². The fourth-order valence-electron chi connectivity index (χ4n) is 6.58. The van der Waals surface area contributed by atoms with Crippen molar-refractivity contribution in [2.75, 3.05) is 6.54 Å². The van der Waals surface area contributed by atoms with Crippen LogP contribution in [0.15, 0.2) is 46.8 Å². The van der Waals surface area contributed by atoms with Crippen molar-refractivity contribution in [2.24, 2.45) is 22.2 Å². The summed E-state index contributed by atoms with van der Waals surface area (Å²) in [5, 5.41) is 2.14. The van der Waals surface area contributed by atoms with E-state index in [1.54, 1.807) is 16.9 Å². The minimum atomic E-state index is 0.441. The van der Waals surface area contributed by atoms with Crippen LogP contribution in [0, 0.1) is 24.2 Å². The molecular formula is C23H27NS. The van der Waals surface area contributed by atoms with Crippen molar-refractivity contribution in [3.8, 4) is 0 Å². The summed E-state index contributed by atoms with van der Waals surface area (Å²) in [4.78, 5) is 6.22. The predicted molar refractivity (Wildman–Crippen MR) is 107 cm³/mol. The van der Waals surface area contributed by atoms with Crippen LogP contribution >= 0.6 is 11.3 Å². The van der Waals surface area contributed by atoms with Gasteiger partial charge in [-0.05, 0) is 85.1 Å². The Hall–Kier alpha value is -1.41. The fraction of sp³-hybridized carbons (Fsp3) is 0.522. The zero-order valence-electron chi connectivity index (χ0n) is 15.1. The van der Waals surface area contributed by atoms with E-state index >= 15 is 0 Å². The Balaban J connectivity index is 1.43. The van der Waals surface area contributed by atoms with Crippen molar-refractivity contribution in [2.45, 2.75) is 50.9 Å². The first-order valence-electron chi connectivity index (χ1n) is 9.75. The molecule has 25 heavy (non-hydrogen) atoms. The monoisotopic (exact) mass is 349 g/mol. The smallest absolute Gasteiger partial charge is 0.0448 e. The average Bonchev–Trinajstić information content (AvgIpc) is 3.07. The largest absolute Gasteiger partial charge is 0.291 e. The van der Waals surface area contributed by atoms with Crippen molar-refractivity contribution in [1.29, 1.82) is 0 Å². The molecule has 1 nitrogen and oxygen atoms in total. The van der Waals surface area contributed by atoms with E-state index in [1.165, 1.54) is 49.0 Å². The number of aliphatic imine (C=N–C) groups is 1. The molecule has 2 aromatic rings. The molecular weight excluding hydrogens is 322 g/mol. The molecule has 4 fully saturated rings. The molecule has 4 aliphatic rings. The third-order valence-electron chi connectivity index (χ3n) is 7.03. The maximum Gasteiger partial charge on any atom is 0.0448 e. The third kappa shape index (κ3) is 2.79. The molecule has 2 heteroatoms. The van der Waals surface area contributed by atoms with Crippen molar-refractivity contribution < 1.29 is 0 Å². The Kier molecular flexibility index (Phi) is 3.67. The Morgan fingerprint density at radius 2 is 1.84 bits per heavy atom. The minimum absolute atomic E-state index is 0.441. The normalized spacial score (nSPS) is 36.4. The number of aryl methyl sites for hydroxylation is 1. The average molecular weight is 350 g/mol. The maximum atomic E-state index is 4.93. The first kappa shape index (κ1) is 15.8. The van der Waals surface area contributed by atoms with Crippen LogP contribution in [0.5, 0.6) is 0 Å². The first-order chi connectivity index (χ1) is 12.1. The van der Waals surface area contributed by atoms with Gasteiger partial charge in [-0.3, -0.25) is 4.99 Å². The topological polar surface area (TPSA) is 12.4 Å². The van der Waals surface area contributed by atoms with Crippen molar-refractivity contribution in [1.82, 2.24) is 0 Å². The number of benzene rings is 1. The van der Waals surface area contributed by atoms with Gasteiger partial charge in [0.25, 0.3) is 0 Å². The SMILES string of the molecule is Cc1ccc(C23C[C@H]4C[C@@H](CC(CN=Cc5cccs5)(C4)C2)C3)cc1. The summed E-state index contributed by atoms with van der Waals surface area (Å²) in [6, 6.07) is 13.8. The highest BCUT2D eigenvalue weighted by Gasteiger charge is 2.57. The molecule has 0 aliphatic heterocycles. The number of nitrogens with zero attached hydrogens (tertiary/aromatic N) is 1. The minimum Gasteiger partial charge on any atom is -0.291 e. The first-order valence-corrected chi connectivity index (χ1v) is 10.6. The van der Waals surface area contributed by atoms with E-state index in [0.717, 1.165) is 18.4 Å². The van der Waals surface area contributed by atoms with Gasteiger partial charge in [-0.25, -0.2) is 0 Å². The molecule has 1 heterocycles. The molecule has 0 N–H and O–H groups in total. The lowest BCUT2D eigenvalue weighted by Gasteiger charge is -2.62. The van der Waals surface area contributed by atoms with E-state index in [0.29, 0.717) is 10.8 Å². The van der Waals surface area contributed by atoms with Gasteiger partial charge in [0.05, 0.1) is 0 Å². The van der Waals surface area contributed by atoms with Gasteiger partial charge in [0, 0.05) is 17.6 Å². The van der Waals surface area contributed by atoms with E-state index in [1.807, 2.05) is 0 Å². The van der Waals surface area contributed by atoms with Crippen LogP contribution in [-0.2, 0) is 5.41 Å². The second-order valence-corrected chi connectivity index (χ2v) is 10.1. The molecule has 6 rings (SSSR count). The Labute approximate surface area is 155 Å². The maximum absolute atomic E-state index is 4.93. The third-order valence-corrected chi connectivity index (χ3v) is 7.84. The van der Waals surface area contributed by atoms with Gasteiger partial charge in [0.1, 0.15) is 0 Å². The van der Waals surface area contributed by atoms with E-state index in [2.05, 4.69) is 54.9 Å². The summed E-state index contributed by atoms with van der Waals surface area (Å²) in [6.07, 6.45) is 10.6. The molecule has 0 spiro atoms. The molecule has 1 aromatic heterocycles. The van der Waals surface area contributed by atoms with Crippen LogP contribution in [0.4, 0.5) is 0 Å². The van der Waals surface area contributed by atoms with Crippen molar-refractivity contribution in [3.63, 3.8) is 0 Å². The van der Waals surface area contributed by atoms with Crippen molar-refractivity contribution >= 4 is 17.6 Å². The second kappa shape index (κ2) is 5.81. The van der Waals surface area contributed by atoms with Crippen LogP contribution < -0.4 is 0 Å². The quantitative estimate of drug-likeness (QED) is 0.599. The van der Waals surface area contributed by atoms with Gasteiger partial charge < -0.3 is 0 Å². The van der Waals surface area contributed by atoms with E-state index in [-0.39, 0.29) is 0 Å². The Morgan fingerprint density at radius 1 is 1.08 bits per heavy atom. The van der Waals surface area contributed by atoms with Gasteiger partial charge in [-0.15, -0.1) is 11.3 Å². The summed E-state index contributed by atoms with van der Waals surface area (Å²) in [6.45, 7) is 3.23. The van der Waals surface area contributed by atoms with Crippen molar-refractivity contribution in [3.05, 3.63) is 57.8 Å². The number of hydrogen-bond donors (Lipinski definition) is 0. The van der Waals surface area contributed by atoms with E-state index in [4.69, 9.17) is 4.99 Å². The molecule has 130 valence electrons. The highest BCUT2D eigenvalue weighted by Crippen LogP contribution is 2.65. The zero-order valence-corrected chi connectivity index (χ0v) is 15.9. The van der Waals surface area contributed by atoms with Crippen LogP contribution in [-0.4, -0.2) is 12.8 Å². The molecule has 2 atom stereocenters. The summed E-state index contributed by atoms with van der Waals surface area (Å²) in [7, 11) is 0. The van der Waals surface area contributed by atoms with Gasteiger partial charge in [-0.2, -0.15) is 0 Å². The molecule has 4 saturated carbocycles. The zero-order chi connectivity index (χ0) is 16.9. The van der Waals surface area contributed by atoms with Crippen LogP contribution in [0.2, 0.25) is 0 Å². The summed E-state index contributed by atoms with van der Waals surface area (Å²) in [5.74, 6) is 1.86. The molecule has 0 unspecified atom stereocenters. The predicted octanol–water partition coefficient (Wildman–Crippen LogP) is 6.01. The lowest BCUT2D eigenvalue weighted by atomic mass is 9.43. The number of hydrogen-bond acceptors (Lipinski definition) is 2. The summed E-state index contributed by atoms with van der Waals surface area (Å²) in [5.41, 5.74) is 3.89. The molecule has 0 radical (unpaired) electrons. The van der Waals surface area contributed by atoms with Gasteiger partial charge in [-0.1, -0.05) is 35.9 Å². The molecule has 4 bridgehead atoms. The van der Waals surface area contributed by atoms with E-state index in [9.17, 15) is 0 Å². The highest BCUT2D eigenvalue weighted by atomic mass is 32.1. The second-order valence-electron chi connectivity index (χ2n) is 9.09. The molecule has 0 saturated heterocycles. The highest BCUT2D eigenvalue weighted by molar-refractivity contribution is 7.11. The summed E-state index contributed by atoms with van der Waals surface area (Å²) >= 11 is 1.79. The van der Waals surface area contributed by atoms with Crippen LogP contribution in [0.25, 0.3) is 0 Å². The van der Waals surface area contributed by atoms with Crippen LogP contribution in [0.1, 0.15) is 54.5 Å². The number of thiophene rings is 1. The number of rotatable bonds is 4. The molecule has 0 amide bonds. The molecule has 1 aromatic carbocycles. The Morgan fingerprint density at radius 3 is 2.52 bits per heavy atom. The lowest BCUT2D eigenvalue weighted by Crippen LogP contribution is -2.55.